The minimum atomic E-state index is -0.239. The van der Waals surface area contributed by atoms with Gasteiger partial charge in [-0.25, -0.2) is 4.98 Å². The van der Waals surface area contributed by atoms with Gasteiger partial charge in [0.15, 0.2) is 11.4 Å². The molecule has 1 aliphatic rings. The number of nitrogens with zero attached hydrogens (tertiary/aromatic N) is 1. The van der Waals surface area contributed by atoms with E-state index in [1.807, 2.05) is 29.6 Å². The normalized spacial score (nSPS) is 15.8. The smallest absolute Gasteiger partial charge is 0.181 e. The highest BCUT2D eigenvalue weighted by Gasteiger charge is 2.16. The third-order valence-corrected chi connectivity index (χ3v) is 3.69. The van der Waals surface area contributed by atoms with Gasteiger partial charge in [-0.1, -0.05) is 24.3 Å². The molecule has 0 bridgehead atoms. The summed E-state index contributed by atoms with van der Waals surface area (Å²) >= 11 is 1.44. The Morgan fingerprint density at radius 1 is 1.30 bits per heavy atom. The van der Waals surface area contributed by atoms with Crippen molar-refractivity contribution in [2.75, 3.05) is 25.6 Å². The summed E-state index contributed by atoms with van der Waals surface area (Å²) in [7, 11) is 0. The molecule has 3 rings (SSSR count). The van der Waals surface area contributed by atoms with Gasteiger partial charge in [0.1, 0.15) is 0 Å². The fourth-order valence-electron chi connectivity index (χ4n) is 2.08. The first-order valence-corrected chi connectivity index (χ1v) is 7.31. The van der Waals surface area contributed by atoms with E-state index in [-0.39, 0.29) is 6.29 Å². The van der Waals surface area contributed by atoms with Crippen LogP contribution in [0.1, 0.15) is 5.56 Å². The molecule has 1 aromatic heterocycles. The zero-order valence-corrected chi connectivity index (χ0v) is 11.8. The van der Waals surface area contributed by atoms with Crippen LogP contribution in [0.2, 0.25) is 0 Å². The van der Waals surface area contributed by atoms with Crippen molar-refractivity contribution < 1.29 is 14.2 Å². The minimum absolute atomic E-state index is 0.239. The van der Waals surface area contributed by atoms with E-state index < -0.39 is 0 Å². The average Bonchev–Trinajstić information content (AvgIpc) is 3.11. The summed E-state index contributed by atoms with van der Waals surface area (Å²) in [5.74, 6) is 0. The Balaban J connectivity index is 1.66. The molecule has 106 valence electrons. The van der Waals surface area contributed by atoms with Crippen molar-refractivity contribution in [1.29, 1.82) is 0 Å². The van der Waals surface area contributed by atoms with Gasteiger partial charge in [-0.15, -0.1) is 11.3 Å². The molecule has 0 atom stereocenters. The van der Waals surface area contributed by atoms with E-state index in [4.69, 9.17) is 19.9 Å². The van der Waals surface area contributed by atoms with Gasteiger partial charge < -0.3 is 19.9 Å². The molecule has 0 amide bonds. The van der Waals surface area contributed by atoms with Gasteiger partial charge >= 0.3 is 0 Å². The lowest BCUT2D eigenvalue weighted by Gasteiger charge is -2.11. The molecule has 0 unspecified atom stereocenters. The molecule has 1 aliphatic heterocycles. The number of ether oxygens (including phenoxy) is 3. The highest BCUT2D eigenvalue weighted by molar-refractivity contribution is 7.13. The molecule has 1 saturated heterocycles. The zero-order valence-electron chi connectivity index (χ0n) is 11.0. The molecule has 20 heavy (non-hydrogen) atoms. The first kappa shape index (κ1) is 13.5. The van der Waals surface area contributed by atoms with Gasteiger partial charge in [-0.2, -0.15) is 0 Å². The molecule has 2 N–H and O–H groups in total. The van der Waals surface area contributed by atoms with Gasteiger partial charge in [-0.05, 0) is 5.56 Å². The first-order valence-electron chi connectivity index (χ1n) is 6.43. The van der Waals surface area contributed by atoms with Crippen LogP contribution in [0.4, 0.5) is 5.13 Å². The summed E-state index contributed by atoms with van der Waals surface area (Å²) in [6, 6.07) is 8.02. The van der Waals surface area contributed by atoms with Gasteiger partial charge in [-0.3, -0.25) is 0 Å². The van der Waals surface area contributed by atoms with Crippen LogP contribution >= 0.6 is 11.3 Å². The lowest BCUT2D eigenvalue weighted by Crippen LogP contribution is -2.16. The highest BCUT2D eigenvalue weighted by atomic mass is 32.1. The van der Waals surface area contributed by atoms with E-state index in [9.17, 15) is 0 Å². The summed E-state index contributed by atoms with van der Waals surface area (Å²) in [4.78, 5) is 4.32. The number of anilines is 1. The van der Waals surface area contributed by atoms with Crippen LogP contribution in [0.15, 0.2) is 29.6 Å². The number of nitrogen functional groups attached to an aromatic ring is 1. The second kappa shape index (κ2) is 6.32. The molecule has 0 spiro atoms. The molecule has 0 saturated carbocycles. The van der Waals surface area contributed by atoms with E-state index in [0.29, 0.717) is 31.6 Å². The summed E-state index contributed by atoms with van der Waals surface area (Å²) in [6.07, 6.45) is -0.239. The van der Waals surface area contributed by atoms with Gasteiger partial charge in [0, 0.05) is 10.9 Å². The number of nitrogens with two attached hydrogens (primary N) is 1. The van der Waals surface area contributed by atoms with Crippen molar-refractivity contribution in [3.8, 4) is 11.3 Å². The highest BCUT2D eigenvalue weighted by Crippen LogP contribution is 2.26. The molecule has 1 aromatic carbocycles. The van der Waals surface area contributed by atoms with Crippen molar-refractivity contribution >= 4 is 16.5 Å². The van der Waals surface area contributed by atoms with E-state index in [2.05, 4.69) is 4.98 Å². The Labute approximate surface area is 121 Å². The second-order valence-corrected chi connectivity index (χ2v) is 5.30. The molecule has 5 nitrogen and oxygen atoms in total. The van der Waals surface area contributed by atoms with Crippen LogP contribution in [-0.4, -0.2) is 31.1 Å². The summed E-state index contributed by atoms with van der Waals surface area (Å²) < 4.78 is 16.3. The van der Waals surface area contributed by atoms with E-state index >= 15 is 0 Å². The number of rotatable bonds is 5. The third-order valence-electron chi connectivity index (χ3n) is 3.02. The summed E-state index contributed by atoms with van der Waals surface area (Å²) in [5, 5.41) is 2.53. The van der Waals surface area contributed by atoms with Crippen LogP contribution in [0, 0.1) is 0 Å². The molecule has 6 heteroatoms. The molecule has 2 aromatic rings. The van der Waals surface area contributed by atoms with Crippen LogP contribution < -0.4 is 5.73 Å². The second-order valence-electron chi connectivity index (χ2n) is 4.41. The van der Waals surface area contributed by atoms with Crippen molar-refractivity contribution in [1.82, 2.24) is 4.98 Å². The van der Waals surface area contributed by atoms with Crippen LogP contribution in [0.5, 0.6) is 0 Å². The maximum atomic E-state index is 5.69. The van der Waals surface area contributed by atoms with Crippen LogP contribution in [0.3, 0.4) is 0 Å². The number of benzene rings is 1. The lowest BCUT2D eigenvalue weighted by atomic mass is 10.1. The zero-order chi connectivity index (χ0) is 13.8. The monoisotopic (exact) mass is 292 g/mol. The predicted molar refractivity (Wildman–Crippen MR) is 77.3 cm³/mol. The van der Waals surface area contributed by atoms with Crippen molar-refractivity contribution in [3.63, 3.8) is 0 Å². The molecule has 0 radical (unpaired) electrons. The van der Waals surface area contributed by atoms with Crippen molar-refractivity contribution in [2.45, 2.75) is 12.9 Å². The lowest BCUT2D eigenvalue weighted by molar-refractivity contribution is -0.0974. The van der Waals surface area contributed by atoms with Gasteiger partial charge in [0.25, 0.3) is 0 Å². The Morgan fingerprint density at radius 3 is 2.85 bits per heavy atom. The van der Waals surface area contributed by atoms with Crippen LogP contribution in [0.25, 0.3) is 11.3 Å². The van der Waals surface area contributed by atoms with Crippen molar-refractivity contribution in [3.05, 3.63) is 35.2 Å². The maximum Gasteiger partial charge on any atom is 0.181 e. The SMILES string of the molecule is Nc1nc(-c2ccccc2COCC2OCCO2)cs1. The van der Waals surface area contributed by atoms with Gasteiger partial charge in [0.2, 0.25) is 0 Å². The number of thiazole rings is 1. The Kier molecular flexibility index (Phi) is 4.27. The largest absolute Gasteiger partial charge is 0.375 e. The standard InChI is InChI=1S/C14H16N2O3S/c15-14-16-12(9-20-14)11-4-2-1-3-10(11)7-17-8-13-18-5-6-19-13/h1-4,9,13H,5-8H2,(H2,15,16). The Morgan fingerprint density at radius 2 is 2.10 bits per heavy atom. The maximum absolute atomic E-state index is 5.69. The Hall–Kier alpha value is -1.47. The number of hydrogen-bond acceptors (Lipinski definition) is 6. The minimum Gasteiger partial charge on any atom is -0.375 e. The van der Waals surface area contributed by atoms with E-state index in [0.717, 1.165) is 16.8 Å². The fourth-order valence-corrected chi connectivity index (χ4v) is 2.64. The quantitative estimate of drug-likeness (QED) is 0.915. The summed E-state index contributed by atoms with van der Waals surface area (Å²) in [5.41, 5.74) is 8.71. The number of hydrogen-bond donors (Lipinski definition) is 1. The number of aromatic nitrogens is 1. The van der Waals surface area contributed by atoms with Crippen LogP contribution in [-0.2, 0) is 20.8 Å². The average molecular weight is 292 g/mol. The fraction of sp³-hybridized carbons (Fsp3) is 0.357. The van der Waals surface area contributed by atoms with E-state index in [1.165, 1.54) is 11.3 Å². The summed E-state index contributed by atoms with van der Waals surface area (Å²) in [6.45, 7) is 2.22. The molecular formula is C14H16N2O3S. The molecule has 0 aliphatic carbocycles. The van der Waals surface area contributed by atoms with Gasteiger partial charge in [0.05, 0.1) is 32.1 Å². The Bertz CT molecular complexity index is 567. The topological polar surface area (TPSA) is 66.6 Å². The molecule has 2 heterocycles. The van der Waals surface area contributed by atoms with E-state index in [1.54, 1.807) is 0 Å². The van der Waals surface area contributed by atoms with Crippen molar-refractivity contribution in [2.24, 2.45) is 0 Å². The molecular weight excluding hydrogens is 276 g/mol. The predicted octanol–water partition coefficient (Wildman–Crippen LogP) is 2.28. The first-order chi connectivity index (χ1) is 9.83. The third kappa shape index (κ3) is 3.16. The molecule has 1 fully saturated rings.